The predicted molar refractivity (Wildman–Crippen MR) is 80.1 cm³/mol. The van der Waals surface area contributed by atoms with Crippen LogP contribution in [0.4, 0.5) is 10.1 Å². The summed E-state index contributed by atoms with van der Waals surface area (Å²) >= 11 is 6.01. The number of rotatable bonds is 4. The Kier molecular flexibility index (Phi) is 4.39. The first-order valence-corrected chi connectivity index (χ1v) is 8.11. The van der Waals surface area contributed by atoms with Gasteiger partial charge in [-0.05, 0) is 30.3 Å². The topological polar surface area (TPSA) is 69.4 Å². The minimum atomic E-state index is -3.35. The molecule has 0 aliphatic carbocycles. The quantitative estimate of drug-likeness (QED) is 0.869. The van der Waals surface area contributed by atoms with Gasteiger partial charge in [0.25, 0.3) is 0 Å². The van der Waals surface area contributed by atoms with Crippen LogP contribution >= 0.6 is 11.6 Å². The zero-order valence-electron chi connectivity index (χ0n) is 11.1. The third-order valence-corrected chi connectivity index (χ3v) is 4.87. The summed E-state index contributed by atoms with van der Waals surface area (Å²) < 4.78 is 42.1. The van der Waals surface area contributed by atoms with Gasteiger partial charge >= 0.3 is 0 Å². The molecule has 0 saturated heterocycles. The molecule has 0 heterocycles. The maximum atomic E-state index is 13.2. The molecule has 0 aliphatic heterocycles. The number of halogens is 2. The van der Waals surface area contributed by atoms with Gasteiger partial charge in [-0.1, -0.05) is 18.5 Å². The Balaban J connectivity index is 2.36. The molecular weight excluding hydrogens is 317 g/mol. The SMILES string of the molecule is CCS(=O)(=O)c1ccc(Oc2cc(F)ccc2N)c(Cl)c1. The molecule has 112 valence electrons. The molecule has 21 heavy (non-hydrogen) atoms. The molecular formula is C14H13ClFNO3S. The van der Waals surface area contributed by atoms with E-state index in [0.717, 1.165) is 6.07 Å². The molecule has 0 aromatic heterocycles. The molecule has 0 saturated carbocycles. The molecule has 2 rings (SSSR count). The Labute approximate surface area is 127 Å². The van der Waals surface area contributed by atoms with Crippen LogP contribution in [0, 0.1) is 5.82 Å². The van der Waals surface area contributed by atoms with E-state index in [2.05, 4.69) is 0 Å². The summed E-state index contributed by atoms with van der Waals surface area (Å²) in [5.41, 5.74) is 5.93. The number of hydrogen-bond acceptors (Lipinski definition) is 4. The fourth-order valence-corrected chi connectivity index (χ4v) is 2.83. The Bertz CT molecular complexity index is 778. The van der Waals surface area contributed by atoms with Crippen molar-refractivity contribution in [1.82, 2.24) is 0 Å². The molecule has 7 heteroatoms. The second-order valence-electron chi connectivity index (χ2n) is 4.28. The number of nitrogen functional groups attached to an aromatic ring is 1. The van der Waals surface area contributed by atoms with E-state index < -0.39 is 15.7 Å². The van der Waals surface area contributed by atoms with Crippen molar-refractivity contribution in [2.45, 2.75) is 11.8 Å². The number of hydrogen-bond donors (Lipinski definition) is 1. The molecule has 0 spiro atoms. The average molecular weight is 330 g/mol. The summed E-state index contributed by atoms with van der Waals surface area (Å²) in [6.07, 6.45) is 0. The molecule has 2 aromatic rings. The molecule has 0 unspecified atom stereocenters. The summed E-state index contributed by atoms with van der Waals surface area (Å²) in [5.74, 6) is -0.215. The highest BCUT2D eigenvalue weighted by Crippen LogP contribution is 2.34. The van der Waals surface area contributed by atoms with Crippen molar-refractivity contribution in [3.8, 4) is 11.5 Å². The molecule has 0 aliphatic rings. The average Bonchev–Trinajstić information content (AvgIpc) is 2.44. The minimum Gasteiger partial charge on any atom is -0.454 e. The fourth-order valence-electron chi connectivity index (χ4n) is 1.64. The van der Waals surface area contributed by atoms with Gasteiger partial charge in [-0.2, -0.15) is 0 Å². The predicted octanol–water partition coefficient (Wildman–Crippen LogP) is 3.65. The maximum absolute atomic E-state index is 13.2. The lowest BCUT2D eigenvalue weighted by Crippen LogP contribution is -2.03. The zero-order chi connectivity index (χ0) is 15.6. The molecule has 2 aromatic carbocycles. The third-order valence-electron chi connectivity index (χ3n) is 2.84. The lowest BCUT2D eigenvalue weighted by Gasteiger charge is -2.11. The summed E-state index contributed by atoms with van der Waals surface area (Å²) in [7, 11) is -3.35. The number of anilines is 1. The molecule has 0 bridgehead atoms. The number of benzene rings is 2. The van der Waals surface area contributed by atoms with Crippen molar-refractivity contribution in [2.75, 3.05) is 11.5 Å². The number of ether oxygens (including phenoxy) is 1. The maximum Gasteiger partial charge on any atom is 0.178 e. The zero-order valence-corrected chi connectivity index (χ0v) is 12.7. The lowest BCUT2D eigenvalue weighted by atomic mass is 10.3. The second kappa shape index (κ2) is 5.91. The van der Waals surface area contributed by atoms with Crippen LogP contribution in [-0.2, 0) is 9.84 Å². The molecule has 0 radical (unpaired) electrons. The van der Waals surface area contributed by atoms with Crippen LogP contribution in [0.1, 0.15) is 6.92 Å². The Morgan fingerprint density at radius 2 is 1.90 bits per heavy atom. The van der Waals surface area contributed by atoms with Crippen LogP contribution in [0.5, 0.6) is 11.5 Å². The van der Waals surface area contributed by atoms with E-state index in [9.17, 15) is 12.8 Å². The van der Waals surface area contributed by atoms with Gasteiger partial charge in [0.05, 0.1) is 21.4 Å². The largest absolute Gasteiger partial charge is 0.454 e. The van der Waals surface area contributed by atoms with Crippen LogP contribution < -0.4 is 10.5 Å². The van der Waals surface area contributed by atoms with Crippen molar-refractivity contribution >= 4 is 27.1 Å². The van der Waals surface area contributed by atoms with Crippen molar-refractivity contribution in [3.63, 3.8) is 0 Å². The van der Waals surface area contributed by atoms with Crippen LogP contribution in [0.3, 0.4) is 0 Å². The summed E-state index contributed by atoms with van der Waals surface area (Å²) in [6.45, 7) is 1.54. The minimum absolute atomic E-state index is 0.0274. The van der Waals surface area contributed by atoms with E-state index >= 15 is 0 Å². The fraction of sp³-hybridized carbons (Fsp3) is 0.143. The first-order valence-electron chi connectivity index (χ1n) is 6.08. The summed E-state index contributed by atoms with van der Waals surface area (Å²) in [4.78, 5) is 0.106. The molecule has 0 fully saturated rings. The van der Waals surface area contributed by atoms with Crippen molar-refractivity contribution in [1.29, 1.82) is 0 Å². The van der Waals surface area contributed by atoms with E-state index in [-0.39, 0.29) is 32.9 Å². The van der Waals surface area contributed by atoms with Crippen LogP contribution in [-0.4, -0.2) is 14.2 Å². The van der Waals surface area contributed by atoms with Crippen molar-refractivity contribution in [3.05, 3.63) is 47.2 Å². The van der Waals surface area contributed by atoms with Gasteiger partial charge in [-0.15, -0.1) is 0 Å². The highest BCUT2D eigenvalue weighted by Gasteiger charge is 2.15. The molecule has 0 amide bonds. The summed E-state index contributed by atoms with van der Waals surface area (Å²) in [5, 5.41) is 0.105. The first kappa shape index (κ1) is 15.6. The van der Waals surface area contributed by atoms with Gasteiger partial charge in [0.15, 0.2) is 15.6 Å². The molecule has 2 N–H and O–H groups in total. The smallest absolute Gasteiger partial charge is 0.178 e. The van der Waals surface area contributed by atoms with Gasteiger partial charge in [-0.3, -0.25) is 0 Å². The van der Waals surface area contributed by atoms with Gasteiger partial charge in [0.2, 0.25) is 0 Å². The Hall–Kier alpha value is -1.79. The standard InChI is InChI=1S/C14H13ClFNO3S/c1-2-21(18,19)10-4-6-13(11(15)8-10)20-14-7-9(16)3-5-12(14)17/h3-8H,2,17H2,1H3. The van der Waals surface area contributed by atoms with E-state index in [1.807, 2.05) is 0 Å². The normalized spacial score (nSPS) is 11.4. The van der Waals surface area contributed by atoms with Gasteiger partial charge in [0.1, 0.15) is 11.6 Å². The Morgan fingerprint density at radius 3 is 2.52 bits per heavy atom. The van der Waals surface area contributed by atoms with E-state index in [4.69, 9.17) is 22.1 Å². The number of nitrogens with two attached hydrogens (primary N) is 1. The van der Waals surface area contributed by atoms with Crippen molar-refractivity contribution in [2.24, 2.45) is 0 Å². The lowest BCUT2D eigenvalue weighted by molar-refractivity contribution is 0.479. The van der Waals surface area contributed by atoms with Crippen molar-refractivity contribution < 1.29 is 17.5 Å². The highest BCUT2D eigenvalue weighted by atomic mass is 35.5. The van der Waals surface area contributed by atoms with Crippen LogP contribution in [0.25, 0.3) is 0 Å². The van der Waals surface area contributed by atoms with Gasteiger partial charge in [-0.25, -0.2) is 12.8 Å². The van der Waals surface area contributed by atoms with E-state index in [0.29, 0.717) is 0 Å². The van der Waals surface area contributed by atoms with Gasteiger partial charge in [0, 0.05) is 6.07 Å². The van der Waals surface area contributed by atoms with Crippen LogP contribution in [0.15, 0.2) is 41.3 Å². The van der Waals surface area contributed by atoms with E-state index in [1.54, 1.807) is 6.92 Å². The molecule has 4 nitrogen and oxygen atoms in total. The number of sulfone groups is 1. The summed E-state index contributed by atoms with van der Waals surface area (Å²) in [6, 6.07) is 7.80. The molecule has 0 atom stereocenters. The van der Waals surface area contributed by atoms with E-state index in [1.165, 1.54) is 30.3 Å². The highest BCUT2D eigenvalue weighted by molar-refractivity contribution is 7.91. The van der Waals surface area contributed by atoms with Gasteiger partial charge < -0.3 is 10.5 Å². The Morgan fingerprint density at radius 1 is 1.19 bits per heavy atom. The van der Waals surface area contributed by atoms with Crippen LogP contribution in [0.2, 0.25) is 5.02 Å². The second-order valence-corrected chi connectivity index (χ2v) is 6.97. The third kappa shape index (κ3) is 3.46. The monoisotopic (exact) mass is 329 g/mol. The first-order chi connectivity index (χ1) is 9.83.